The van der Waals surface area contributed by atoms with Crippen molar-refractivity contribution in [1.29, 1.82) is 0 Å². The van der Waals surface area contributed by atoms with Crippen molar-refractivity contribution < 1.29 is 9.59 Å². The molecule has 1 N–H and O–H groups in total. The highest BCUT2D eigenvalue weighted by molar-refractivity contribution is 6.31. The second-order valence-electron chi connectivity index (χ2n) is 6.18. The number of nitrogens with zero attached hydrogens (tertiary/aromatic N) is 1. The summed E-state index contributed by atoms with van der Waals surface area (Å²) in [6.07, 6.45) is 6.13. The van der Waals surface area contributed by atoms with Crippen LogP contribution in [-0.4, -0.2) is 29.3 Å². The lowest BCUT2D eigenvalue weighted by atomic mass is 9.95. The number of benzene rings is 1. The number of carbonyl (C=O) groups is 2. The SMILES string of the molecule is CC(=O)N(CCC(=O)NC1CCCCC1)Cc1ccccc1Cl. The molecule has 1 saturated carbocycles. The maximum atomic E-state index is 12.1. The zero-order valence-electron chi connectivity index (χ0n) is 13.7. The van der Waals surface area contributed by atoms with Crippen LogP contribution in [0.2, 0.25) is 5.02 Å². The second kappa shape index (κ2) is 8.92. The molecule has 0 radical (unpaired) electrons. The first-order valence-corrected chi connectivity index (χ1v) is 8.72. The standard InChI is InChI=1S/C18H25ClN2O2/c1-14(22)21(13-15-7-5-6-10-17(15)19)12-11-18(23)20-16-8-3-2-4-9-16/h5-7,10,16H,2-4,8-9,11-13H2,1H3,(H,20,23). The largest absolute Gasteiger partial charge is 0.353 e. The third kappa shape index (κ3) is 5.87. The first kappa shape index (κ1) is 17.8. The maximum Gasteiger partial charge on any atom is 0.221 e. The number of nitrogens with one attached hydrogen (secondary N) is 1. The van der Waals surface area contributed by atoms with Gasteiger partial charge in [-0.25, -0.2) is 0 Å². The fraction of sp³-hybridized carbons (Fsp3) is 0.556. The highest BCUT2D eigenvalue weighted by Gasteiger charge is 2.17. The molecule has 1 fully saturated rings. The van der Waals surface area contributed by atoms with Crippen LogP contribution in [0.5, 0.6) is 0 Å². The van der Waals surface area contributed by atoms with E-state index in [2.05, 4.69) is 5.32 Å². The Bertz CT molecular complexity index is 542. The number of carbonyl (C=O) groups excluding carboxylic acids is 2. The first-order chi connectivity index (χ1) is 11.1. The Kier molecular flexibility index (Phi) is 6.90. The van der Waals surface area contributed by atoms with Crippen molar-refractivity contribution in [2.24, 2.45) is 0 Å². The lowest BCUT2D eigenvalue weighted by Crippen LogP contribution is -2.39. The molecule has 0 atom stereocenters. The van der Waals surface area contributed by atoms with E-state index >= 15 is 0 Å². The van der Waals surface area contributed by atoms with Crippen molar-refractivity contribution in [3.05, 3.63) is 34.9 Å². The van der Waals surface area contributed by atoms with Gasteiger partial charge in [0.25, 0.3) is 0 Å². The normalized spacial score (nSPS) is 15.2. The van der Waals surface area contributed by atoms with Crippen LogP contribution in [-0.2, 0) is 16.1 Å². The predicted octanol–water partition coefficient (Wildman–Crippen LogP) is 3.53. The van der Waals surface area contributed by atoms with Gasteiger partial charge in [0.05, 0.1) is 0 Å². The molecule has 4 nitrogen and oxygen atoms in total. The summed E-state index contributed by atoms with van der Waals surface area (Å²) in [6.45, 7) is 2.38. The quantitative estimate of drug-likeness (QED) is 0.864. The summed E-state index contributed by atoms with van der Waals surface area (Å²) in [6, 6.07) is 7.79. The Balaban J connectivity index is 1.83. The summed E-state index contributed by atoms with van der Waals surface area (Å²) in [5.41, 5.74) is 0.900. The molecule has 126 valence electrons. The van der Waals surface area contributed by atoms with Crippen LogP contribution >= 0.6 is 11.6 Å². The Labute approximate surface area is 143 Å². The Hall–Kier alpha value is -1.55. The highest BCUT2D eigenvalue weighted by Crippen LogP contribution is 2.18. The van der Waals surface area contributed by atoms with Crippen molar-refractivity contribution in [3.63, 3.8) is 0 Å². The molecule has 2 amide bonds. The van der Waals surface area contributed by atoms with Gasteiger partial charge in [0.2, 0.25) is 11.8 Å². The summed E-state index contributed by atoms with van der Waals surface area (Å²) in [5, 5.41) is 3.73. The average Bonchev–Trinajstić information content (AvgIpc) is 2.53. The Morgan fingerprint density at radius 2 is 1.91 bits per heavy atom. The second-order valence-corrected chi connectivity index (χ2v) is 6.59. The van der Waals surface area contributed by atoms with E-state index in [1.807, 2.05) is 24.3 Å². The molecule has 0 bridgehead atoms. The number of amides is 2. The average molecular weight is 337 g/mol. The molecular formula is C18H25ClN2O2. The molecule has 0 saturated heterocycles. The van der Waals surface area contributed by atoms with Crippen molar-refractivity contribution >= 4 is 23.4 Å². The third-order valence-corrected chi connectivity index (χ3v) is 4.71. The lowest BCUT2D eigenvalue weighted by Gasteiger charge is -2.24. The minimum Gasteiger partial charge on any atom is -0.353 e. The van der Waals surface area contributed by atoms with E-state index in [0.717, 1.165) is 18.4 Å². The molecule has 0 unspecified atom stereocenters. The summed E-state index contributed by atoms with van der Waals surface area (Å²) in [7, 11) is 0. The van der Waals surface area contributed by atoms with Crippen LogP contribution in [0.4, 0.5) is 0 Å². The van der Waals surface area contributed by atoms with Crippen LogP contribution < -0.4 is 5.32 Å². The number of hydrogen-bond acceptors (Lipinski definition) is 2. The van der Waals surface area contributed by atoms with Crippen molar-refractivity contribution in [2.45, 2.75) is 58.0 Å². The molecule has 1 aliphatic rings. The summed E-state index contributed by atoms with van der Waals surface area (Å²) in [4.78, 5) is 25.6. The highest BCUT2D eigenvalue weighted by atomic mass is 35.5. The van der Waals surface area contributed by atoms with E-state index in [1.54, 1.807) is 4.90 Å². The zero-order valence-corrected chi connectivity index (χ0v) is 14.4. The molecule has 0 aromatic heterocycles. The third-order valence-electron chi connectivity index (χ3n) is 4.34. The number of rotatable bonds is 6. The Morgan fingerprint density at radius 1 is 1.22 bits per heavy atom. The van der Waals surface area contributed by atoms with Gasteiger partial charge in [-0.15, -0.1) is 0 Å². The molecule has 2 rings (SSSR count). The van der Waals surface area contributed by atoms with Gasteiger partial charge in [-0.1, -0.05) is 49.1 Å². The van der Waals surface area contributed by atoms with Crippen LogP contribution in [0.3, 0.4) is 0 Å². The van der Waals surface area contributed by atoms with Gasteiger partial charge in [-0.05, 0) is 24.5 Å². The fourth-order valence-corrected chi connectivity index (χ4v) is 3.16. The van der Waals surface area contributed by atoms with Gasteiger partial charge in [0.15, 0.2) is 0 Å². The van der Waals surface area contributed by atoms with E-state index in [1.165, 1.54) is 26.2 Å². The topological polar surface area (TPSA) is 49.4 Å². The van der Waals surface area contributed by atoms with Crippen LogP contribution in [0.25, 0.3) is 0 Å². The molecular weight excluding hydrogens is 312 g/mol. The molecule has 23 heavy (non-hydrogen) atoms. The molecule has 0 heterocycles. The van der Waals surface area contributed by atoms with Crippen molar-refractivity contribution in [1.82, 2.24) is 10.2 Å². The minimum atomic E-state index is -0.0459. The van der Waals surface area contributed by atoms with Gasteiger partial charge in [-0.3, -0.25) is 9.59 Å². The van der Waals surface area contributed by atoms with E-state index in [4.69, 9.17) is 11.6 Å². The predicted molar refractivity (Wildman–Crippen MR) is 92.2 cm³/mol. The zero-order chi connectivity index (χ0) is 16.7. The van der Waals surface area contributed by atoms with Crippen LogP contribution in [0.1, 0.15) is 51.0 Å². The molecule has 0 aliphatic heterocycles. The fourth-order valence-electron chi connectivity index (χ4n) is 2.96. The van der Waals surface area contributed by atoms with Crippen LogP contribution in [0.15, 0.2) is 24.3 Å². The molecule has 1 aliphatic carbocycles. The first-order valence-electron chi connectivity index (χ1n) is 8.34. The van der Waals surface area contributed by atoms with Crippen LogP contribution in [0, 0.1) is 0 Å². The van der Waals surface area contributed by atoms with Crippen molar-refractivity contribution in [2.75, 3.05) is 6.54 Å². The summed E-state index contributed by atoms with van der Waals surface area (Å²) >= 11 is 6.15. The summed E-state index contributed by atoms with van der Waals surface area (Å²) < 4.78 is 0. The Morgan fingerprint density at radius 3 is 2.57 bits per heavy atom. The number of halogens is 1. The van der Waals surface area contributed by atoms with Crippen molar-refractivity contribution in [3.8, 4) is 0 Å². The van der Waals surface area contributed by atoms with E-state index in [9.17, 15) is 9.59 Å². The van der Waals surface area contributed by atoms with E-state index in [0.29, 0.717) is 30.6 Å². The molecule has 1 aromatic carbocycles. The van der Waals surface area contributed by atoms with Gasteiger partial charge >= 0.3 is 0 Å². The van der Waals surface area contributed by atoms with Gasteiger partial charge in [0, 0.05) is 37.5 Å². The smallest absolute Gasteiger partial charge is 0.221 e. The monoisotopic (exact) mass is 336 g/mol. The van der Waals surface area contributed by atoms with Gasteiger partial charge in [0.1, 0.15) is 0 Å². The maximum absolute atomic E-state index is 12.1. The van der Waals surface area contributed by atoms with E-state index in [-0.39, 0.29) is 11.8 Å². The lowest BCUT2D eigenvalue weighted by molar-refractivity contribution is -0.130. The van der Waals surface area contributed by atoms with Gasteiger partial charge < -0.3 is 10.2 Å². The molecule has 1 aromatic rings. The van der Waals surface area contributed by atoms with Gasteiger partial charge in [-0.2, -0.15) is 0 Å². The minimum absolute atomic E-state index is 0.0299. The summed E-state index contributed by atoms with van der Waals surface area (Å²) in [5.74, 6) is -0.0160. The molecule has 5 heteroatoms. The number of hydrogen-bond donors (Lipinski definition) is 1. The van der Waals surface area contributed by atoms with E-state index < -0.39 is 0 Å². The molecule has 0 spiro atoms.